The van der Waals surface area contributed by atoms with Crippen molar-refractivity contribution in [2.24, 2.45) is 0 Å². The lowest BCUT2D eigenvalue weighted by atomic mass is 10.2. The van der Waals surface area contributed by atoms with Crippen LogP contribution in [0.25, 0.3) is 0 Å². The second-order valence-corrected chi connectivity index (χ2v) is 6.51. The van der Waals surface area contributed by atoms with E-state index in [9.17, 15) is 4.79 Å². The third-order valence-electron chi connectivity index (χ3n) is 4.24. The summed E-state index contributed by atoms with van der Waals surface area (Å²) in [6.07, 6.45) is 7.19. The minimum absolute atomic E-state index is 0.114. The number of rotatable bonds is 9. The molecular weight excluding hydrogens is 338 g/mol. The molecule has 0 spiro atoms. The molecule has 140 valence electrons. The summed E-state index contributed by atoms with van der Waals surface area (Å²) < 4.78 is 7.90. The number of nitrogens with zero attached hydrogens (tertiary/aromatic N) is 2. The highest BCUT2D eigenvalue weighted by molar-refractivity contribution is 6.04. The molecule has 1 amide bonds. The average Bonchev–Trinajstić information content (AvgIpc) is 3.11. The van der Waals surface area contributed by atoms with Crippen LogP contribution in [0.2, 0.25) is 0 Å². The fraction of sp³-hybridized carbons (Fsp3) is 0.273. The van der Waals surface area contributed by atoms with E-state index in [1.165, 1.54) is 0 Å². The van der Waals surface area contributed by atoms with Gasteiger partial charge in [-0.3, -0.25) is 4.79 Å². The topological polar surface area (TPSA) is 56.1 Å². The van der Waals surface area contributed by atoms with E-state index in [1.54, 1.807) is 12.1 Å². The first kappa shape index (κ1) is 18.7. The number of nitrogens with one attached hydrogen (secondary N) is 1. The highest BCUT2D eigenvalue weighted by Gasteiger charge is 2.05. The molecular formula is C22H25N3O2. The fourth-order valence-corrected chi connectivity index (χ4v) is 2.78. The van der Waals surface area contributed by atoms with Gasteiger partial charge < -0.3 is 14.6 Å². The van der Waals surface area contributed by atoms with Crippen LogP contribution >= 0.6 is 0 Å². The van der Waals surface area contributed by atoms with Crippen LogP contribution in [0.3, 0.4) is 0 Å². The number of aromatic nitrogens is 2. The number of benzene rings is 2. The molecule has 0 aliphatic heterocycles. The molecule has 0 aliphatic rings. The molecule has 1 heterocycles. The van der Waals surface area contributed by atoms with Gasteiger partial charge in [0.05, 0.1) is 18.6 Å². The molecule has 27 heavy (non-hydrogen) atoms. The van der Waals surface area contributed by atoms with E-state index in [2.05, 4.69) is 21.1 Å². The lowest BCUT2D eigenvalue weighted by Gasteiger charge is -2.09. The number of carbonyl (C=O) groups is 1. The van der Waals surface area contributed by atoms with Crippen LogP contribution in [-0.4, -0.2) is 22.1 Å². The van der Waals surface area contributed by atoms with Gasteiger partial charge in [-0.15, -0.1) is 0 Å². The quantitative estimate of drug-likeness (QED) is 0.561. The van der Waals surface area contributed by atoms with Gasteiger partial charge in [-0.25, -0.2) is 4.98 Å². The van der Waals surface area contributed by atoms with Crippen molar-refractivity contribution < 1.29 is 9.53 Å². The van der Waals surface area contributed by atoms with Crippen molar-refractivity contribution in [3.05, 3.63) is 78.4 Å². The smallest absolute Gasteiger partial charge is 0.255 e. The summed E-state index contributed by atoms with van der Waals surface area (Å²) in [4.78, 5) is 16.4. The third kappa shape index (κ3) is 5.99. The van der Waals surface area contributed by atoms with Crippen molar-refractivity contribution in [2.45, 2.75) is 32.7 Å². The van der Waals surface area contributed by atoms with Crippen molar-refractivity contribution in [3.63, 3.8) is 0 Å². The van der Waals surface area contributed by atoms with E-state index in [4.69, 9.17) is 4.74 Å². The fourth-order valence-electron chi connectivity index (χ4n) is 2.78. The molecule has 3 rings (SSSR count). The first-order chi connectivity index (χ1) is 13.2. The number of hydrogen-bond acceptors (Lipinski definition) is 3. The number of aryl methyl sites for hydroxylation is 2. The number of amides is 1. The Morgan fingerprint density at radius 1 is 1.04 bits per heavy atom. The minimum Gasteiger partial charge on any atom is -0.494 e. The third-order valence-corrected chi connectivity index (χ3v) is 4.24. The number of unbranched alkanes of at least 4 members (excludes halogenated alkanes) is 2. The summed E-state index contributed by atoms with van der Waals surface area (Å²) in [7, 11) is 0. The van der Waals surface area contributed by atoms with Gasteiger partial charge in [0, 0.05) is 24.0 Å². The lowest BCUT2D eigenvalue weighted by Crippen LogP contribution is -2.11. The zero-order chi connectivity index (χ0) is 18.9. The van der Waals surface area contributed by atoms with E-state index in [1.807, 2.05) is 55.7 Å². The zero-order valence-corrected chi connectivity index (χ0v) is 15.6. The maximum absolute atomic E-state index is 12.1. The van der Waals surface area contributed by atoms with E-state index in [0.29, 0.717) is 12.2 Å². The number of anilines is 1. The van der Waals surface area contributed by atoms with Crippen LogP contribution in [0.1, 0.15) is 35.3 Å². The Morgan fingerprint density at radius 2 is 1.81 bits per heavy atom. The highest BCUT2D eigenvalue weighted by Crippen LogP contribution is 2.17. The van der Waals surface area contributed by atoms with Crippen molar-refractivity contribution >= 4 is 11.6 Å². The molecule has 2 aromatic carbocycles. The molecule has 3 aromatic rings. The van der Waals surface area contributed by atoms with E-state index >= 15 is 0 Å². The molecule has 0 fully saturated rings. The van der Waals surface area contributed by atoms with Crippen molar-refractivity contribution in [1.82, 2.24) is 9.55 Å². The van der Waals surface area contributed by atoms with Gasteiger partial charge in [-0.1, -0.05) is 18.2 Å². The zero-order valence-electron chi connectivity index (χ0n) is 15.6. The molecule has 0 unspecified atom stereocenters. The van der Waals surface area contributed by atoms with Crippen molar-refractivity contribution in [3.8, 4) is 5.75 Å². The maximum atomic E-state index is 12.1. The van der Waals surface area contributed by atoms with Crippen LogP contribution in [-0.2, 0) is 6.54 Å². The van der Waals surface area contributed by atoms with Gasteiger partial charge in [0.2, 0.25) is 0 Å². The highest BCUT2D eigenvalue weighted by atomic mass is 16.5. The second kappa shape index (κ2) is 9.57. The van der Waals surface area contributed by atoms with Crippen LogP contribution in [0.15, 0.2) is 67.1 Å². The molecule has 0 aliphatic carbocycles. The van der Waals surface area contributed by atoms with Gasteiger partial charge in [0.25, 0.3) is 5.91 Å². The normalized spacial score (nSPS) is 10.6. The summed E-state index contributed by atoms with van der Waals surface area (Å²) in [5.41, 5.74) is 2.46. The van der Waals surface area contributed by atoms with Gasteiger partial charge in [-0.2, -0.15) is 0 Å². The van der Waals surface area contributed by atoms with Crippen LogP contribution in [0, 0.1) is 6.92 Å². The molecule has 5 heteroatoms. The number of imidazole rings is 1. The summed E-state index contributed by atoms with van der Waals surface area (Å²) >= 11 is 0. The van der Waals surface area contributed by atoms with Gasteiger partial charge in [-0.05, 0) is 62.6 Å². The van der Waals surface area contributed by atoms with E-state index in [0.717, 1.165) is 42.9 Å². The molecule has 1 aromatic heterocycles. The Kier molecular flexibility index (Phi) is 6.63. The Balaban J connectivity index is 1.34. The Labute approximate surface area is 160 Å². The Bertz CT molecular complexity index is 842. The molecule has 1 N–H and O–H groups in total. The first-order valence-electron chi connectivity index (χ1n) is 9.28. The number of hydrogen-bond donors (Lipinski definition) is 1. The monoisotopic (exact) mass is 363 g/mol. The largest absolute Gasteiger partial charge is 0.494 e. The van der Waals surface area contributed by atoms with Crippen molar-refractivity contribution in [1.29, 1.82) is 0 Å². The Morgan fingerprint density at radius 3 is 2.52 bits per heavy atom. The SMILES string of the molecule is Cc1cn(CCCCCOc2ccc(NC(=O)c3ccccc3)cc2)cn1. The Hall–Kier alpha value is -3.08. The minimum atomic E-state index is -0.114. The maximum Gasteiger partial charge on any atom is 0.255 e. The van der Waals surface area contributed by atoms with Gasteiger partial charge in [0.1, 0.15) is 5.75 Å². The van der Waals surface area contributed by atoms with Gasteiger partial charge >= 0.3 is 0 Å². The summed E-state index contributed by atoms with van der Waals surface area (Å²) in [5.74, 6) is 0.704. The molecule has 0 atom stereocenters. The molecule has 0 saturated heterocycles. The summed E-state index contributed by atoms with van der Waals surface area (Å²) in [5, 5.41) is 2.88. The van der Waals surface area contributed by atoms with Crippen molar-refractivity contribution in [2.75, 3.05) is 11.9 Å². The number of ether oxygens (including phenoxy) is 1. The van der Waals surface area contributed by atoms with Crippen LogP contribution in [0.4, 0.5) is 5.69 Å². The predicted octanol–water partition coefficient (Wildman–Crippen LogP) is 4.69. The van der Waals surface area contributed by atoms with Gasteiger partial charge in [0.15, 0.2) is 0 Å². The van der Waals surface area contributed by atoms with Crippen LogP contribution in [0.5, 0.6) is 5.75 Å². The lowest BCUT2D eigenvalue weighted by molar-refractivity contribution is 0.102. The molecule has 5 nitrogen and oxygen atoms in total. The van der Waals surface area contributed by atoms with Crippen LogP contribution < -0.4 is 10.1 Å². The van der Waals surface area contributed by atoms with E-state index in [-0.39, 0.29) is 5.91 Å². The summed E-state index contributed by atoms with van der Waals surface area (Å²) in [6.45, 7) is 3.69. The average molecular weight is 363 g/mol. The van der Waals surface area contributed by atoms with E-state index < -0.39 is 0 Å². The predicted molar refractivity (Wildman–Crippen MR) is 107 cm³/mol. The second-order valence-electron chi connectivity index (χ2n) is 6.51. The molecule has 0 saturated carbocycles. The number of carbonyl (C=O) groups excluding carboxylic acids is 1. The standard InChI is InChI=1S/C22H25N3O2/c1-18-16-25(17-23-18)14-6-3-7-15-27-21-12-10-20(11-13-21)24-22(26)19-8-4-2-5-9-19/h2,4-5,8-13,16-17H,3,6-7,14-15H2,1H3,(H,24,26). The first-order valence-corrected chi connectivity index (χ1v) is 9.28. The molecule has 0 radical (unpaired) electrons. The summed E-state index contributed by atoms with van der Waals surface area (Å²) in [6, 6.07) is 16.7. The molecule has 0 bridgehead atoms.